The standard InChI is InChI=1S/C19H22O2/c1-12(2)17(20)15-8-6-14-11-16(9-7-13(14)10-15)18(21)19(3,4)5/h6-12H,1-5H3. The van der Waals surface area contributed by atoms with Crippen LogP contribution >= 0.6 is 0 Å². The predicted molar refractivity (Wildman–Crippen MR) is 86.9 cm³/mol. The van der Waals surface area contributed by atoms with Crippen molar-refractivity contribution in [1.82, 2.24) is 0 Å². The van der Waals surface area contributed by atoms with Crippen LogP contribution in [-0.2, 0) is 0 Å². The Balaban J connectivity index is 2.45. The molecule has 2 aromatic rings. The fourth-order valence-electron chi connectivity index (χ4n) is 2.31. The molecule has 2 heteroatoms. The van der Waals surface area contributed by atoms with E-state index in [9.17, 15) is 9.59 Å². The van der Waals surface area contributed by atoms with E-state index in [0.29, 0.717) is 0 Å². The van der Waals surface area contributed by atoms with Crippen LogP contribution in [0.15, 0.2) is 36.4 Å². The zero-order chi connectivity index (χ0) is 15.8. The SMILES string of the molecule is CC(C)C(=O)c1ccc2cc(C(=O)C(C)(C)C)ccc2c1. The van der Waals surface area contributed by atoms with Crippen LogP contribution in [0.3, 0.4) is 0 Å². The minimum Gasteiger partial charge on any atom is -0.294 e. The maximum atomic E-state index is 12.3. The lowest BCUT2D eigenvalue weighted by atomic mass is 9.86. The second-order valence-electron chi connectivity index (χ2n) is 6.87. The largest absolute Gasteiger partial charge is 0.294 e. The van der Waals surface area contributed by atoms with E-state index in [2.05, 4.69) is 0 Å². The lowest BCUT2D eigenvalue weighted by Crippen LogP contribution is -2.20. The summed E-state index contributed by atoms with van der Waals surface area (Å²) >= 11 is 0. The van der Waals surface area contributed by atoms with E-state index in [-0.39, 0.29) is 22.9 Å². The summed E-state index contributed by atoms with van der Waals surface area (Å²) in [6.07, 6.45) is 0. The maximum Gasteiger partial charge on any atom is 0.168 e. The monoisotopic (exact) mass is 282 g/mol. The van der Waals surface area contributed by atoms with Crippen LogP contribution < -0.4 is 0 Å². The van der Waals surface area contributed by atoms with Crippen LogP contribution in [0.25, 0.3) is 10.8 Å². The minimum atomic E-state index is -0.388. The number of carbonyl (C=O) groups excluding carboxylic acids is 2. The highest BCUT2D eigenvalue weighted by molar-refractivity contribution is 6.04. The molecule has 0 fully saturated rings. The average Bonchev–Trinajstić information content (AvgIpc) is 2.43. The number of rotatable bonds is 3. The van der Waals surface area contributed by atoms with Gasteiger partial charge in [0.2, 0.25) is 0 Å². The lowest BCUT2D eigenvalue weighted by Gasteiger charge is -2.17. The topological polar surface area (TPSA) is 34.1 Å². The fourth-order valence-corrected chi connectivity index (χ4v) is 2.31. The van der Waals surface area contributed by atoms with Gasteiger partial charge in [-0.2, -0.15) is 0 Å². The van der Waals surface area contributed by atoms with Crippen molar-refractivity contribution in [3.63, 3.8) is 0 Å². The first-order valence-electron chi connectivity index (χ1n) is 7.33. The molecule has 2 nitrogen and oxygen atoms in total. The molecule has 0 aliphatic carbocycles. The van der Waals surface area contributed by atoms with Gasteiger partial charge in [-0.1, -0.05) is 58.9 Å². The second-order valence-corrected chi connectivity index (χ2v) is 6.87. The third-order valence-electron chi connectivity index (χ3n) is 3.59. The first-order valence-corrected chi connectivity index (χ1v) is 7.33. The van der Waals surface area contributed by atoms with E-state index < -0.39 is 0 Å². The third-order valence-corrected chi connectivity index (χ3v) is 3.59. The summed E-state index contributed by atoms with van der Waals surface area (Å²) in [6, 6.07) is 11.3. The Morgan fingerprint density at radius 3 is 1.81 bits per heavy atom. The summed E-state index contributed by atoms with van der Waals surface area (Å²) in [5, 5.41) is 1.98. The molecule has 0 radical (unpaired) electrons. The molecule has 0 aliphatic heterocycles. The van der Waals surface area contributed by atoms with Gasteiger partial charge in [0.1, 0.15) is 0 Å². The van der Waals surface area contributed by atoms with Gasteiger partial charge in [-0.3, -0.25) is 9.59 Å². The molecule has 0 aliphatic rings. The van der Waals surface area contributed by atoms with Gasteiger partial charge in [-0.05, 0) is 22.9 Å². The Kier molecular flexibility index (Phi) is 3.99. The number of fused-ring (bicyclic) bond motifs is 1. The first kappa shape index (κ1) is 15.4. The summed E-state index contributed by atoms with van der Waals surface area (Å²) < 4.78 is 0. The Labute approximate surface area is 126 Å². The Bertz CT molecular complexity index is 703. The highest BCUT2D eigenvalue weighted by Gasteiger charge is 2.23. The van der Waals surface area contributed by atoms with Crippen molar-refractivity contribution < 1.29 is 9.59 Å². The van der Waals surface area contributed by atoms with Crippen LogP contribution in [0.1, 0.15) is 55.3 Å². The van der Waals surface area contributed by atoms with Gasteiger partial charge >= 0.3 is 0 Å². The second kappa shape index (κ2) is 5.44. The van der Waals surface area contributed by atoms with Crippen LogP contribution in [0.5, 0.6) is 0 Å². The van der Waals surface area contributed by atoms with Gasteiger partial charge in [0.15, 0.2) is 11.6 Å². The smallest absolute Gasteiger partial charge is 0.168 e. The Morgan fingerprint density at radius 1 is 0.857 bits per heavy atom. The summed E-state index contributed by atoms with van der Waals surface area (Å²) in [4.78, 5) is 24.4. The quantitative estimate of drug-likeness (QED) is 0.750. The summed E-state index contributed by atoms with van der Waals surface area (Å²) in [7, 11) is 0. The van der Waals surface area contributed by atoms with Crippen molar-refractivity contribution in [2.75, 3.05) is 0 Å². The lowest BCUT2D eigenvalue weighted by molar-refractivity contribution is 0.0858. The third kappa shape index (κ3) is 3.21. The van der Waals surface area contributed by atoms with Gasteiger partial charge in [0.25, 0.3) is 0 Å². The maximum absolute atomic E-state index is 12.3. The van der Waals surface area contributed by atoms with Gasteiger partial charge < -0.3 is 0 Å². The number of hydrogen-bond donors (Lipinski definition) is 0. The molecule has 0 saturated heterocycles. The Hall–Kier alpha value is -1.96. The highest BCUT2D eigenvalue weighted by atomic mass is 16.1. The number of ketones is 2. The summed E-state index contributed by atoms with van der Waals surface area (Å²) in [5.74, 6) is 0.266. The fraction of sp³-hybridized carbons (Fsp3) is 0.368. The molecule has 0 spiro atoms. The van der Waals surface area contributed by atoms with Crippen molar-refractivity contribution in [3.05, 3.63) is 47.5 Å². The predicted octanol–water partition coefficient (Wildman–Crippen LogP) is 4.91. The molecule has 0 saturated carbocycles. The minimum absolute atomic E-state index is 0.0100. The first-order chi connectivity index (χ1) is 9.70. The number of benzene rings is 2. The molecule has 0 N–H and O–H groups in total. The molecular weight excluding hydrogens is 260 g/mol. The van der Waals surface area contributed by atoms with E-state index in [1.807, 2.05) is 71.0 Å². The van der Waals surface area contributed by atoms with E-state index in [1.54, 1.807) is 0 Å². The molecule has 2 rings (SSSR count). The van der Waals surface area contributed by atoms with Crippen LogP contribution in [0, 0.1) is 11.3 Å². The number of Topliss-reactive ketones (excluding diaryl/α,β-unsaturated/α-hetero) is 2. The molecule has 110 valence electrons. The Morgan fingerprint density at radius 2 is 1.33 bits per heavy atom. The van der Waals surface area contributed by atoms with E-state index >= 15 is 0 Å². The number of hydrogen-bond acceptors (Lipinski definition) is 2. The van der Waals surface area contributed by atoms with Gasteiger partial charge in [-0.15, -0.1) is 0 Å². The molecular formula is C19H22O2. The van der Waals surface area contributed by atoms with Gasteiger partial charge in [0, 0.05) is 22.5 Å². The molecule has 0 aromatic heterocycles. The molecule has 0 amide bonds. The highest BCUT2D eigenvalue weighted by Crippen LogP contribution is 2.25. The van der Waals surface area contributed by atoms with Crippen molar-refractivity contribution in [2.45, 2.75) is 34.6 Å². The van der Waals surface area contributed by atoms with Gasteiger partial charge in [-0.25, -0.2) is 0 Å². The van der Waals surface area contributed by atoms with E-state index in [0.717, 1.165) is 21.9 Å². The van der Waals surface area contributed by atoms with Crippen molar-refractivity contribution in [3.8, 4) is 0 Å². The summed E-state index contributed by atoms with van der Waals surface area (Å²) in [6.45, 7) is 9.56. The zero-order valence-corrected chi connectivity index (χ0v) is 13.4. The van der Waals surface area contributed by atoms with Crippen molar-refractivity contribution in [2.24, 2.45) is 11.3 Å². The molecule has 2 aromatic carbocycles. The average molecular weight is 282 g/mol. The van der Waals surface area contributed by atoms with Crippen LogP contribution in [-0.4, -0.2) is 11.6 Å². The molecule has 0 bridgehead atoms. The number of carbonyl (C=O) groups is 2. The zero-order valence-electron chi connectivity index (χ0n) is 13.4. The van der Waals surface area contributed by atoms with E-state index in [4.69, 9.17) is 0 Å². The van der Waals surface area contributed by atoms with E-state index in [1.165, 1.54) is 0 Å². The van der Waals surface area contributed by atoms with Crippen molar-refractivity contribution >= 4 is 22.3 Å². The molecule has 0 heterocycles. The molecule has 21 heavy (non-hydrogen) atoms. The van der Waals surface area contributed by atoms with Gasteiger partial charge in [0.05, 0.1) is 0 Å². The van der Waals surface area contributed by atoms with Crippen LogP contribution in [0.2, 0.25) is 0 Å². The van der Waals surface area contributed by atoms with Crippen molar-refractivity contribution in [1.29, 1.82) is 0 Å². The molecule has 0 atom stereocenters. The van der Waals surface area contributed by atoms with Crippen LogP contribution in [0.4, 0.5) is 0 Å². The summed E-state index contributed by atoms with van der Waals surface area (Å²) in [5.41, 5.74) is 1.06. The normalized spacial score (nSPS) is 11.9. The molecule has 0 unspecified atom stereocenters.